The molecule has 0 aromatic rings. The normalized spacial score (nSPS) is 12.9. The first-order valence-corrected chi connectivity index (χ1v) is 5.67. The van der Waals surface area contributed by atoms with E-state index >= 15 is 0 Å². The van der Waals surface area contributed by atoms with Gasteiger partial charge in [0.25, 0.3) is 3.91 Å². The number of hydrogen-bond acceptors (Lipinski definition) is 1. The molecule has 0 radical (unpaired) electrons. The van der Waals surface area contributed by atoms with E-state index in [2.05, 4.69) is 29.5 Å². The first-order valence-electron chi connectivity index (χ1n) is 2.38. The van der Waals surface area contributed by atoms with Gasteiger partial charge in [-0.25, -0.2) is 0 Å². The molecule has 2 nitrogen and oxygen atoms in total. The van der Waals surface area contributed by atoms with Gasteiger partial charge in [-0.3, -0.25) is 7.91 Å². The van der Waals surface area contributed by atoms with Gasteiger partial charge in [0.2, 0.25) is 0 Å². The third-order valence-electron chi connectivity index (χ3n) is 0.751. The first kappa shape index (κ1) is 10.7. The molecule has 9 heavy (non-hydrogen) atoms. The van der Waals surface area contributed by atoms with Crippen LogP contribution in [0.2, 0.25) is 0 Å². The van der Waals surface area contributed by atoms with E-state index in [9.17, 15) is 4.79 Å². The second kappa shape index (κ2) is 5.33. The molecule has 0 fully saturated rings. The average Bonchev–Trinajstić information content (AvgIpc) is 1.84. The van der Waals surface area contributed by atoms with Crippen LogP contribution in [0.25, 0.3) is 0 Å². The summed E-state index contributed by atoms with van der Waals surface area (Å²) in [5.74, 6) is 0. The van der Waals surface area contributed by atoms with Crippen LogP contribution in [0.5, 0.6) is 0 Å². The van der Waals surface area contributed by atoms with Crippen LogP contribution >= 0.6 is 68.0 Å². The lowest BCUT2D eigenvalue weighted by Crippen LogP contribution is -2.21. The zero-order valence-corrected chi connectivity index (χ0v) is 11.2. The Labute approximate surface area is 95.9 Å². The van der Waals surface area contributed by atoms with Gasteiger partial charge in [0.05, 0.1) is 26.9 Å². The maximum absolute atomic E-state index is 10.6. The molecular formula is C4H6I3NO. The fourth-order valence-corrected chi connectivity index (χ4v) is 1.79. The van der Waals surface area contributed by atoms with Gasteiger partial charge < -0.3 is 0 Å². The largest absolute Gasteiger partial charge is 0.292 e. The molecule has 0 aliphatic rings. The molecule has 0 heterocycles. The SMILES string of the molecule is CCC(I)N(I)C(=O)I. The molecule has 0 spiro atoms. The summed E-state index contributed by atoms with van der Waals surface area (Å²) < 4.78 is 2.11. The number of alkyl halides is 1. The van der Waals surface area contributed by atoms with Crippen molar-refractivity contribution in [2.24, 2.45) is 0 Å². The molecule has 5 heteroatoms. The van der Waals surface area contributed by atoms with E-state index in [4.69, 9.17) is 0 Å². The summed E-state index contributed by atoms with van der Waals surface area (Å²) in [7, 11) is 0. The van der Waals surface area contributed by atoms with Crippen LogP contribution in [0.4, 0.5) is 4.79 Å². The lowest BCUT2D eigenvalue weighted by atomic mass is 10.5. The number of carbonyl (C=O) groups is 1. The number of halogens is 3. The van der Waals surface area contributed by atoms with Crippen molar-refractivity contribution < 1.29 is 4.79 Å². The lowest BCUT2D eigenvalue weighted by Gasteiger charge is -2.15. The number of hydrogen-bond donors (Lipinski definition) is 0. The summed E-state index contributed by atoms with van der Waals surface area (Å²) in [5, 5.41) is 0. The highest BCUT2D eigenvalue weighted by molar-refractivity contribution is 14.1. The Morgan fingerprint density at radius 3 is 2.33 bits per heavy atom. The van der Waals surface area contributed by atoms with E-state index in [1.807, 2.05) is 22.9 Å². The van der Waals surface area contributed by atoms with E-state index < -0.39 is 0 Å². The monoisotopic (exact) mass is 465 g/mol. The highest BCUT2D eigenvalue weighted by Gasteiger charge is 2.13. The van der Waals surface area contributed by atoms with Crippen LogP contribution in [0, 0.1) is 0 Å². The third-order valence-corrected chi connectivity index (χ3v) is 5.81. The smallest absolute Gasteiger partial charge is 0.263 e. The molecule has 0 rings (SSSR count). The summed E-state index contributed by atoms with van der Waals surface area (Å²) in [4.78, 5) is 10.6. The number of amides is 1. The third kappa shape index (κ3) is 4.17. The van der Waals surface area contributed by atoms with E-state index in [1.165, 1.54) is 0 Å². The topological polar surface area (TPSA) is 20.3 Å². The summed E-state index contributed by atoms with van der Waals surface area (Å²) in [6.07, 6.45) is 0.998. The Morgan fingerprint density at radius 1 is 1.78 bits per heavy atom. The second-order valence-corrected chi connectivity index (χ2v) is 4.81. The van der Waals surface area contributed by atoms with E-state index in [-0.39, 0.29) is 3.91 Å². The van der Waals surface area contributed by atoms with E-state index in [0.29, 0.717) is 4.05 Å². The van der Waals surface area contributed by atoms with Crippen LogP contribution in [-0.4, -0.2) is 11.1 Å². The molecule has 0 saturated heterocycles. The molecule has 0 N–H and O–H groups in total. The van der Waals surface area contributed by atoms with Gasteiger partial charge in [0.15, 0.2) is 0 Å². The van der Waals surface area contributed by atoms with Crippen LogP contribution in [-0.2, 0) is 0 Å². The summed E-state index contributed by atoms with van der Waals surface area (Å²) in [5.41, 5.74) is 0. The standard InChI is InChI=1S/C4H6I3NO/c1-2-3(5)8(7)4(6)9/h3H,2H2,1H3. The number of nitrogens with zero attached hydrogens (tertiary/aromatic N) is 1. The van der Waals surface area contributed by atoms with Crippen LogP contribution in [0.3, 0.4) is 0 Å². The predicted molar refractivity (Wildman–Crippen MR) is 63.4 cm³/mol. The number of carbonyl (C=O) groups excluding carboxylic acids is 1. The zero-order chi connectivity index (χ0) is 7.44. The number of rotatable bonds is 2. The van der Waals surface area contributed by atoms with Gasteiger partial charge in [-0.1, -0.05) is 29.5 Å². The summed E-state index contributed by atoms with van der Waals surface area (Å²) in [6.45, 7) is 2.06. The van der Waals surface area contributed by atoms with Crippen LogP contribution in [0.15, 0.2) is 0 Å². The zero-order valence-electron chi connectivity index (χ0n) is 4.77. The molecule has 0 aromatic carbocycles. The van der Waals surface area contributed by atoms with E-state index in [1.54, 1.807) is 25.7 Å². The molecule has 1 amide bonds. The second-order valence-electron chi connectivity index (χ2n) is 1.41. The molecule has 1 unspecified atom stereocenters. The van der Waals surface area contributed by atoms with Crippen molar-refractivity contribution in [3.63, 3.8) is 0 Å². The molecular weight excluding hydrogens is 459 g/mol. The van der Waals surface area contributed by atoms with Crippen LogP contribution in [0.1, 0.15) is 13.3 Å². The fourth-order valence-electron chi connectivity index (χ4n) is 0.270. The Bertz CT molecular complexity index is 108. The molecule has 0 bridgehead atoms. The minimum atomic E-state index is 0.0921. The van der Waals surface area contributed by atoms with Crippen molar-refractivity contribution in [1.29, 1.82) is 0 Å². The Balaban J connectivity index is 3.72. The highest BCUT2D eigenvalue weighted by Crippen LogP contribution is 2.19. The van der Waals surface area contributed by atoms with Crippen molar-refractivity contribution in [2.45, 2.75) is 17.4 Å². The quantitative estimate of drug-likeness (QED) is 0.202. The van der Waals surface area contributed by atoms with Gasteiger partial charge in [-0.05, 0) is 6.42 Å². The fraction of sp³-hybridized carbons (Fsp3) is 0.750. The lowest BCUT2D eigenvalue weighted by molar-refractivity contribution is 0.253. The molecule has 0 saturated carbocycles. The first-order chi connectivity index (χ1) is 4.09. The van der Waals surface area contributed by atoms with Crippen molar-refractivity contribution in [2.75, 3.05) is 0 Å². The van der Waals surface area contributed by atoms with Crippen LogP contribution < -0.4 is 0 Å². The van der Waals surface area contributed by atoms with Gasteiger partial charge in [-0.2, -0.15) is 0 Å². The Morgan fingerprint density at radius 2 is 2.22 bits per heavy atom. The Hall–Kier alpha value is 1.66. The summed E-state index contributed by atoms with van der Waals surface area (Å²) >= 11 is 6.05. The van der Waals surface area contributed by atoms with Gasteiger partial charge >= 0.3 is 0 Å². The summed E-state index contributed by atoms with van der Waals surface area (Å²) in [6, 6.07) is 0. The molecule has 0 aromatic heterocycles. The predicted octanol–water partition coefficient (Wildman–Crippen LogP) is 3.36. The van der Waals surface area contributed by atoms with Gasteiger partial charge in [-0.15, -0.1) is 0 Å². The molecule has 0 aliphatic heterocycles. The Kier molecular flexibility index (Phi) is 6.31. The maximum Gasteiger partial charge on any atom is 0.292 e. The van der Waals surface area contributed by atoms with Crippen molar-refractivity contribution >= 4 is 72.0 Å². The highest BCUT2D eigenvalue weighted by atomic mass is 127. The minimum Gasteiger partial charge on any atom is -0.263 e. The maximum atomic E-state index is 10.6. The molecule has 1 atom stereocenters. The molecule has 0 aliphatic carbocycles. The van der Waals surface area contributed by atoms with Gasteiger partial charge in [0, 0.05) is 22.6 Å². The van der Waals surface area contributed by atoms with Crippen molar-refractivity contribution in [3.05, 3.63) is 0 Å². The van der Waals surface area contributed by atoms with Crippen molar-refractivity contribution in [1.82, 2.24) is 3.11 Å². The average molecular weight is 465 g/mol. The van der Waals surface area contributed by atoms with E-state index in [0.717, 1.165) is 6.42 Å². The molecule has 54 valence electrons. The minimum absolute atomic E-state index is 0.0921. The van der Waals surface area contributed by atoms with Crippen molar-refractivity contribution in [3.8, 4) is 0 Å². The van der Waals surface area contributed by atoms with Gasteiger partial charge in [0.1, 0.15) is 0 Å².